The van der Waals surface area contributed by atoms with E-state index in [9.17, 15) is 13.2 Å². The molecule has 0 aromatic heterocycles. The molecule has 0 fully saturated rings. The number of carbonyl (C=O) groups is 1. The average Bonchev–Trinajstić information content (AvgIpc) is 2.87. The van der Waals surface area contributed by atoms with Gasteiger partial charge in [0.25, 0.3) is 5.91 Å². The molecule has 36 heavy (non-hydrogen) atoms. The van der Waals surface area contributed by atoms with E-state index in [-0.39, 0.29) is 12.5 Å². The van der Waals surface area contributed by atoms with Crippen molar-refractivity contribution in [2.75, 3.05) is 15.9 Å². The van der Waals surface area contributed by atoms with Crippen LogP contribution >= 0.6 is 0 Å². The van der Waals surface area contributed by atoms with Gasteiger partial charge >= 0.3 is 0 Å². The Bertz CT molecular complexity index is 1420. The van der Waals surface area contributed by atoms with Crippen molar-refractivity contribution in [3.8, 4) is 5.75 Å². The molecule has 0 radical (unpaired) electrons. The topological polar surface area (TPSA) is 75.7 Å². The van der Waals surface area contributed by atoms with Crippen LogP contribution in [0.15, 0.2) is 103 Å². The Morgan fingerprint density at radius 2 is 1.53 bits per heavy atom. The van der Waals surface area contributed by atoms with Gasteiger partial charge in [-0.2, -0.15) is 0 Å². The molecular formula is C29H28N2O4S. The zero-order valence-electron chi connectivity index (χ0n) is 20.2. The molecule has 0 spiro atoms. The minimum absolute atomic E-state index is 0.175. The van der Waals surface area contributed by atoms with E-state index >= 15 is 0 Å². The molecule has 1 amide bonds. The van der Waals surface area contributed by atoms with Gasteiger partial charge in [0.1, 0.15) is 12.4 Å². The summed E-state index contributed by atoms with van der Waals surface area (Å²) in [7, 11) is -3.48. The molecule has 6 nitrogen and oxygen atoms in total. The fourth-order valence-corrected chi connectivity index (χ4v) is 4.57. The standard InChI is InChI=1S/C29H28N2O4S/c1-22-7-6-10-27(19-22)31(36(2,33)34)20-23-11-13-25(14-12-23)29(32)30-26-15-17-28(18-16-26)35-21-24-8-4-3-5-9-24/h3-19H,20-21H2,1-2H3,(H,30,32). The minimum Gasteiger partial charge on any atom is -0.489 e. The molecule has 4 aromatic rings. The molecule has 0 saturated carbocycles. The van der Waals surface area contributed by atoms with Crippen LogP contribution in [0.5, 0.6) is 5.75 Å². The molecule has 0 aliphatic carbocycles. The fourth-order valence-electron chi connectivity index (χ4n) is 3.69. The molecule has 1 N–H and O–H groups in total. The van der Waals surface area contributed by atoms with Gasteiger partial charge in [-0.1, -0.05) is 54.6 Å². The summed E-state index contributed by atoms with van der Waals surface area (Å²) in [6.45, 7) is 2.57. The van der Waals surface area contributed by atoms with Crippen LogP contribution in [0.4, 0.5) is 11.4 Å². The van der Waals surface area contributed by atoms with Gasteiger partial charge in [0.2, 0.25) is 10.0 Å². The number of ether oxygens (including phenoxy) is 1. The normalized spacial score (nSPS) is 11.1. The molecule has 4 aromatic carbocycles. The number of hydrogen-bond donors (Lipinski definition) is 1. The number of amides is 1. The highest BCUT2D eigenvalue weighted by atomic mass is 32.2. The van der Waals surface area contributed by atoms with Crippen molar-refractivity contribution in [2.45, 2.75) is 20.1 Å². The number of aryl methyl sites for hydroxylation is 1. The SMILES string of the molecule is Cc1cccc(N(Cc2ccc(C(=O)Nc3ccc(OCc4ccccc4)cc3)cc2)S(C)(=O)=O)c1. The van der Waals surface area contributed by atoms with Crippen LogP contribution in [-0.4, -0.2) is 20.6 Å². The quantitative estimate of drug-likeness (QED) is 0.316. The molecule has 0 saturated heterocycles. The highest BCUT2D eigenvalue weighted by Crippen LogP contribution is 2.22. The summed E-state index contributed by atoms with van der Waals surface area (Å²) >= 11 is 0. The number of nitrogens with zero attached hydrogens (tertiary/aromatic N) is 1. The maximum absolute atomic E-state index is 12.7. The summed E-state index contributed by atoms with van der Waals surface area (Å²) in [5.41, 5.74) is 4.57. The largest absolute Gasteiger partial charge is 0.489 e. The average molecular weight is 501 g/mol. The third kappa shape index (κ3) is 6.73. The number of nitrogens with one attached hydrogen (secondary N) is 1. The van der Waals surface area contributed by atoms with Gasteiger partial charge in [0, 0.05) is 11.3 Å². The molecule has 0 bridgehead atoms. The Labute approximate surface area is 212 Å². The van der Waals surface area contributed by atoms with Crippen molar-refractivity contribution in [1.29, 1.82) is 0 Å². The summed E-state index contributed by atoms with van der Waals surface area (Å²) in [6.07, 6.45) is 1.19. The van der Waals surface area contributed by atoms with E-state index in [1.165, 1.54) is 10.6 Å². The van der Waals surface area contributed by atoms with Gasteiger partial charge < -0.3 is 10.1 Å². The third-order valence-corrected chi connectivity index (χ3v) is 6.73. The van der Waals surface area contributed by atoms with Crippen LogP contribution in [0.25, 0.3) is 0 Å². The molecule has 184 valence electrons. The summed E-state index contributed by atoms with van der Waals surface area (Å²) in [5, 5.41) is 2.88. The minimum atomic E-state index is -3.48. The Morgan fingerprint density at radius 1 is 0.833 bits per heavy atom. The van der Waals surface area contributed by atoms with Gasteiger partial charge in [-0.3, -0.25) is 9.10 Å². The predicted octanol–water partition coefficient (Wildman–Crippen LogP) is 5.79. The van der Waals surface area contributed by atoms with Crippen LogP contribution in [0.3, 0.4) is 0 Å². The Balaban J connectivity index is 1.37. The smallest absolute Gasteiger partial charge is 0.255 e. The Hall–Kier alpha value is -4.10. The third-order valence-electron chi connectivity index (χ3n) is 5.59. The summed E-state index contributed by atoms with van der Waals surface area (Å²) in [5.74, 6) is 0.461. The number of rotatable bonds is 9. The van der Waals surface area contributed by atoms with E-state index in [0.29, 0.717) is 29.3 Å². The second-order valence-electron chi connectivity index (χ2n) is 8.56. The molecule has 7 heteroatoms. The van der Waals surface area contributed by atoms with Gasteiger partial charge in [-0.15, -0.1) is 0 Å². The van der Waals surface area contributed by atoms with Crippen molar-refractivity contribution in [1.82, 2.24) is 0 Å². The maximum atomic E-state index is 12.7. The van der Waals surface area contributed by atoms with Gasteiger partial charge in [-0.05, 0) is 72.1 Å². The number of benzene rings is 4. The first kappa shape index (κ1) is 25.0. The second-order valence-corrected chi connectivity index (χ2v) is 10.5. The lowest BCUT2D eigenvalue weighted by Gasteiger charge is -2.23. The van der Waals surface area contributed by atoms with Crippen LogP contribution < -0.4 is 14.4 Å². The monoisotopic (exact) mass is 500 g/mol. The van der Waals surface area contributed by atoms with Crippen LogP contribution in [0.2, 0.25) is 0 Å². The van der Waals surface area contributed by atoms with Gasteiger partial charge in [0.05, 0.1) is 18.5 Å². The fraction of sp³-hybridized carbons (Fsp3) is 0.138. The first-order chi connectivity index (χ1) is 17.3. The van der Waals surface area contributed by atoms with Crippen molar-refractivity contribution in [3.63, 3.8) is 0 Å². The summed E-state index contributed by atoms with van der Waals surface area (Å²) in [6, 6.07) is 31.4. The van der Waals surface area contributed by atoms with Crippen molar-refractivity contribution in [3.05, 3.63) is 125 Å². The lowest BCUT2D eigenvalue weighted by Crippen LogP contribution is -2.29. The molecule has 0 aliphatic heterocycles. The highest BCUT2D eigenvalue weighted by molar-refractivity contribution is 7.92. The molecule has 0 heterocycles. The van der Waals surface area contributed by atoms with E-state index in [1.807, 2.05) is 67.6 Å². The predicted molar refractivity (Wildman–Crippen MR) is 144 cm³/mol. The molecule has 4 rings (SSSR count). The lowest BCUT2D eigenvalue weighted by molar-refractivity contribution is 0.102. The zero-order chi connectivity index (χ0) is 25.5. The highest BCUT2D eigenvalue weighted by Gasteiger charge is 2.18. The maximum Gasteiger partial charge on any atom is 0.255 e. The Kier molecular flexibility index (Phi) is 7.71. The van der Waals surface area contributed by atoms with E-state index in [2.05, 4.69) is 5.32 Å². The number of sulfonamides is 1. The number of anilines is 2. The van der Waals surface area contributed by atoms with E-state index in [4.69, 9.17) is 4.74 Å². The first-order valence-electron chi connectivity index (χ1n) is 11.5. The second kappa shape index (κ2) is 11.1. The molecule has 0 aliphatic rings. The van der Waals surface area contributed by atoms with Gasteiger partial charge in [-0.25, -0.2) is 8.42 Å². The van der Waals surface area contributed by atoms with E-state index in [0.717, 1.165) is 16.7 Å². The van der Waals surface area contributed by atoms with Crippen LogP contribution in [0.1, 0.15) is 27.0 Å². The van der Waals surface area contributed by atoms with E-state index < -0.39 is 10.0 Å². The van der Waals surface area contributed by atoms with Gasteiger partial charge in [0.15, 0.2) is 0 Å². The van der Waals surface area contributed by atoms with Crippen LogP contribution in [-0.2, 0) is 23.2 Å². The van der Waals surface area contributed by atoms with E-state index in [1.54, 1.807) is 42.5 Å². The van der Waals surface area contributed by atoms with Crippen LogP contribution in [0, 0.1) is 6.92 Å². The molecular weight excluding hydrogens is 472 g/mol. The molecule has 0 unspecified atom stereocenters. The summed E-state index contributed by atoms with van der Waals surface area (Å²) < 4.78 is 32.0. The number of hydrogen-bond acceptors (Lipinski definition) is 4. The zero-order valence-corrected chi connectivity index (χ0v) is 21.0. The lowest BCUT2D eigenvalue weighted by atomic mass is 10.1. The van der Waals surface area contributed by atoms with Crippen molar-refractivity contribution < 1.29 is 17.9 Å². The summed E-state index contributed by atoms with van der Waals surface area (Å²) in [4.78, 5) is 12.7. The van der Waals surface area contributed by atoms with Crippen molar-refractivity contribution >= 4 is 27.3 Å². The molecule has 0 atom stereocenters. The number of carbonyl (C=O) groups excluding carboxylic acids is 1. The first-order valence-corrected chi connectivity index (χ1v) is 13.3. The van der Waals surface area contributed by atoms with Crippen molar-refractivity contribution in [2.24, 2.45) is 0 Å². The Morgan fingerprint density at radius 3 is 2.17 bits per heavy atom.